The number of anilines is 2. The van der Waals surface area contributed by atoms with Crippen LogP contribution in [0.4, 0.5) is 15.9 Å². The summed E-state index contributed by atoms with van der Waals surface area (Å²) in [6.07, 6.45) is 0.910. The number of hydrogen-bond donors (Lipinski definition) is 1. The van der Waals surface area contributed by atoms with Crippen molar-refractivity contribution in [3.05, 3.63) is 99.5 Å². The molecule has 0 aliphatic carbocycles. The Morgan fingerprint density at radius 3 is 2.34 bits per heavy atom. The number of carbonyl (C=O) groups is 1. The molecule has 1 aliphatic heterocycles. The fourth-order valence-electron chi connectivity index (χ4n) is 4.42. The number of imidazole rings is 1. The zero-order valence-corrected chi connectivity index (χ0v) is 20.5. The summed E-state index contributed by atoms with van der Waals surface area (Å²) in [5, 5.41) is 4.48. The van der Waals surface area contributed by atoms with E-state index in [1.165, 1.54) is 17.7 Å². The standard InChI is InChI=1S/C27H23Cl2FN4O/c1-17-2-8-23(9-3-17)31-27-26(18-4-6-22(30)7-5-18)32-25-15-33(10-11-34(25)27)24(16-35)19-12-20(28)14-21(29)13-19/h2-9,12-14,16,24,31H,10-11,15H2,1H3. The summed E-state index contributed by atoms with van der Waals surface area (Å²) in [5.41, 5.74) is 4.39. The highest BCUT2D eigenvalue weighted by Gasteiger charge is 2.29. The van der Waals surface area contributed by atoms with Crippen LogP contribution in [0.5, 0.6) is 0 Å². The molecule has 4 aromatic rings. The molecule has 1 aliphatic rings. The first-order chi connectivity index (χ1) is 16.9. The molecule has 5 nitrogen and oxygen atoms in total. The molecule has 0 bridgehead atoms. The van der Waals surface area contributed by atoms with Crippen molar-refractivity contribution in [2.45, 2.75) is 26.1 Å². The van der Waals surface area contributed by atoms with Crippen LogP contribution in [0.2, 0.25) is 10.0 Å². The highest BCUT2D eigenvalue weighted by atomic mass is 35.5. The summed E-state index contributed by atoms with van der Waals surface area (Å²) in [4.78, 5) is 19.1. The molecule has 5 rings (SSSR count). The number of nitrogens with one attached hydrogen (secondary N) is 1. The highest BCUT2D eigenvalue weighted by molar-refractivity contribution is 6.34. The van der Waals surface area contributed by atoms with E-state index in [1.807, 2.05) is 31.2 Å². The van der Waals surface area contributed by atoms with E-state index < -0.39 is 6.04 Å². The van der Waals surface area contributed by atoms with E-state index in [0.29, 0.717) is 29.7 Å². The van der Waals surface area contributed by atoms with Crippen LogP contribution in [0.15, 0.2) is 66.7 Å². The molecule has 178 valence electrons. The molecular weight excluding hydrogens is 486 g/mol. The van der Waals surface area contributed by atoms with Crippen LogP contribution in [-0.2, 0) is 17.9 Å². The number of aromatic nitrogens is 2. The molecule has 0 fully saturated rings. The molecule has 0 saturated carbocycles. The Morgan fingerprint density at radius 1 is 1.00 bits per heavy atom. The molecule has 8 heteroatoms. The molecule has 1 aromatic heterocycles. The minimum atomic E-state index is -0.501. The lowest BCUT2D eigenvalue weighted by atomic mass is 10.1. The van der Waals surface area contributed by atoms with Gasteiger partial charge in [0.15, 0.2) is 0 Å². The van der Waals surface area contributed by atoms with E-state index in [4.69, 9.17) is 28.2 Å². The van der Waals surface area contributed by atoms with Crippen molar-refractivity contribution in [3.63, 3.8) is 0 Å². The van der Waals surface area contributed by atoms with Crippen LogP contribution < -0.4 is 5.32 Å². The maximum atomic E-state index is 13.6. The number of aryl methyl sites for hydroxylation is 1. The second-order valence-corrected chi connectivity index (χ2v) is 9.50. The van der Waals surface area contributed by atoms with E-state index >= 15 is 0 Å². The van der Waals surface area contributed by atoms with Gasteiger partial charge in [-0.25, -0.2) is 9.37 Å². The van der Waals surface area contributed by atoms with Gasteiger partial charge in [0.25, 0.3) is 0 Å². The normalized spacial score (nSPS) is 14.4. The monoisotopic (exact) mass is 508 g/mol. The van der Waals surface area contributed by atoms with Gasteiger partial charge in [-0.05, 0) is 67.1 Å². The second kappa shape index (κ2) is 9.82. The van der Waals surface area contributed by atoms with Gasteiger partial charge in [0.1, 0.15) is 29.4 Å². The average Bonchev–Trinajstić information content (AvgIpc) is 3.18. The molecule has 1 atom stereocenters. The summed E-state index contributed by atoms with van der Waals surface area (Å²) in [7, 11) is 0. The number of aldehydes is 1. The van der Waals surface area contributed by atoms with Crippen LogP contribution in [0, 0.1) is 12.7 Å². The Hall–Kier alpha value is -3.19. The Morgan fingerprint density at radius 2 is 1.69 bits per heavy atom. The predicted octanol–water partition coefficient (Wildman–Crippen LogP) is 6.80. The van der Waals surface area contributed by atoms with Crippen LogP contribution in [-0.4, -0.2) is 27.3 Å². The van der Waals surface area contributed by atoms with E-state index in [1.54, 1.807) is 30.3 Å². The van der Waals surface area contributed by atoms with E-state index in [-0.39, 0.29) is 5.82 Å². The molecule has 1 unspecified atom stereocenters. The van der Waals surface area contributed by atoms with Crippen molar-refractivity contribution in [2.75, 3.05) is 11.9 Å². The van der Waals surface area contributed by atoms with Gasteiger partial charge in [-0.3, -0.25) is 4.90 Å². The van der Waals surface area contributed by atoms with Crippen molar-refractivity contribution >= 4 is 41.0 Å². The smallest absolute Gasteiger partial charge is 0.141 e. The second-order valence-electron chi connectivity index (χ2n) is 8.63. The summed E-state index contributed by atoms with van der Waals surface area (Å²) < 4.78 is 15.7. The SMILES string of the molecule is Cc1ccc(Nc2c(-c3ccc(F)cc3)nc3n2CCN(C(C=O)c2cc(Cl)cc(Cl)c2)C3)cc1. The fraction of sp³-hybridized carbons (Fsp3) is 0.185. The van der Waals surface area contributed by atoms with Crippen LogP contribution in [0.3, 0.4) is 0 Å². The Labute approximate surface area is 213 Å². The molecule has 1 N–H and O–H groups in total. The predicted molar refractivity (Wildman–Crippen MR) is 138 cm³/mol. The first-order valence-electron chi connectivity index (χ1n) is 11.3. The number of fused-ring (bicyclic) bond motifs is 1. The van der Waals surface area contributed by atoms with Gasteiger partial charge >= 0.3 is 0 Å². The molecule has 0 radical (unpaired) electrons. The van der Waals surface area contributed by atoms with E-state index in [2.05, 4.69) is 14.8 Å². The molecular formula is C27H23Cl2FN4O. The number of carbonyl (C=O) groups excluding carboxylic acids is 1. The van der Waals surface area contributed by atoms with Crippen LogP contribution in [0.1, 0.15) is 23.0 Å². The number of hydrogen-bond acceptors (Lipinski definition) is 4. The van der Waals surface area contributed by atoms with E-state index in [0.717, 1.165) is 40.4 Å². The molecule has 0 amide bonds. The van der Waals surface area contributed by atoms with Gasteiger partial charge in [0.05, 0.1) is 12.6 Å². The topological polar surface area (TPSA) is 50.2 Å². The lowest BCUT2D eigenvalue weighted by Gasteiger charge is -2.32. The zero-order chi connectivity index (χ0) is 24.5. The lowest BCUT2D eigenvalue weighted by molar-refractivity contribution is -0.113. The lowest BCUT2D eigenvalue weighted by Crippen LogP contribution is -2.37. The maximum absolute atomic E-state index is 13.6. The van der Waals surface area contributed by atoms with Gasteiger partial charge in [-0.1, -0.05) is 40.9 Å². The Kier molecular flexibility index (Phi) is 6.60. The van der Waals surface area contributed by atoms with Crippen molar-refractivity contribution in [3.8, 4) is 11.3 Å². The maximum Gasteiger partial charge on any atom is 0.141 e. The third-order valence-corrected chi connectivity index (χ3v) is 6.62. The third-order valence-electron chi connectivity index (χ3n) is 6.18. The summed E-state index contributed by atoms with van der Waals surface area (Å²) in [5.74, 6) is 1.35. The molecule has 0 saturated heterocycles. The van der Waals surface area contributed by atoms with Crippen molar-refractivity contribution in [1.29, 1.82) is 0 Å². The Balaban J connectivity index is 1.52. The van der Waals surface area contributed by atoms with E-state index in [9.17, 15) is 9.18 Å². The third kappa shape index (κ3) is 4.96. The molecule has 0 spiro atoms. The first-order valence-corrected chi connectivity index (χ1v) is 12.0. The molecule has 2 heterocycles. The number of rotatable bonds is 6. The Bertz CT molecular complexity index is 1350. The number of halogens is 3. The number of benzene rings is 3. The van der Waals surface area contributed by atoms with Gasteiger partial charge in [-0.2, -0.15) is 0 Å². The fourth-order valence-corrected chi connectivity index (χ4v) is 4.96. The quantitative estimate of drug-likeness (QED) is 0.291. The summed E-state index contributed by atoms with van der Waals surface area (Å²) in [6, 6.07) is 19.1. The molecule has 35 heavy (non-hydrogen) atoms. The van der Waals surface area contributed by atoms with Crippen molar-refractivity contribution in [1.82, 2.24) is 14.5 Å². The van der Waals surface area contributed by atoms with Crippen molar-refractivity contribution in [2.24, 2.45) is 0 Å². The minimum absolute atomic E-state index is 0.300. The van der Waals surface area contributed by atoms with Crippen LogP contribution in [0.25, 0.3) is 11.3 Å². The van der Waals surface area contributed by atoms with Gasteiger partial charge < -0.3 is 14.7 Å². The molecule has 3 aromatic carbocycles. The van der Waals surface area contributed by atoms with Crippen LogP contribution >= 0.6 is 23.2 Å². The number of nitrogens with zero attached hydrogens (tertiary/aromatic N) is 3. The van der Waals surface area contributed by atoms with Gasteiger partial charge in [0.2, 0.25) is 0 Å². The zero-order valence-electron chi connectivity index (χ0n) is 19.0. The highest BCUT2D eigenvalue weighted by Crippen LogP contribution is 2.35. The van der Waals surface area contributed by atoms with Gasteiger partial charge in [0, 0.05) is 34.4 Å². The largest absolute Gasteiger partial charge is 0.340 e. The summed E-state index contributed by atoms with van der Waals surface area (Å²) in [6.45, 7) is 3.75. The van der Waals surface area contributed by atoms with Crippen molar-refractivity contribution < 1.29 is 9.18 Å². The first kappa shape index (κ1) is 23.5. The summed E-state index contributed by atoms with van der Waals surface area (Å²) >= 11 is 12.4. The van der Waals surface area contributed by atoms with Gasteiger partial charge in [-0.15, -0.1) is 0 Å². The average molecular weight is 509 g/mol. The minimum Gasteiger partial charge on any atom is -0.340 e.